The molecular weight excluding hydrogens is 359 g/mol. The lowest BCUT2D eigenvalue weighted by molar-refractivity contribution is 0.102. The molecule has 6 nitrogen and oxygen atoms in total. The number of carbonyl (C=O) groups excluding carboxylic acids is 1. The van der Waals surface area contributed by atoms with Crippen LogP contribution in [0.2, 0.25) is 0 Å². The Labute approximate surface area is 151 Å². The van der Waals surface area contributed by atoms with E-state index in [2.05, 4.69) is 5.32 Å². The summed E-state index contributed by atoms with van der Waals surface area (Å²) in [6.07, 6.45) is -0.276. The van der Waals surface area contributed by atoms with E-state index in [1.165, 1.54) is 46.8 Å². The van der Waals surface area contributed by atoms with Crippen LogP contribution in [0.15, 0.2) is 47.4 Å². The quantitative estimate of drug-likeness (QED) is 0.853. The summed E-state index contributed by atoms with van der Waals surface area (Å²) in [6, 6.07) is 9.90. The van der Waals surface area contributed by atoms with E-state index in [9.17, 15) is 22.7 Å². The lowest BCUT2D eigenvalue weighted by atomic mass is 10.2. The number of hydrogen-bond acceptors (Lipinski definition) is 4. The number of aliphatic hydroxyl groups is 1. The number of sulfonamides is 1. The molecule has 26 heavy (non-hydrogen) atoms. The molecule has 1 unspecified atom stereocenters. The fraction of sp³-hybridized carbons (Fsp3) is 0.278. The minimum absolute atomic E-state index is 0.00506. The molecule has 1 fully saturated rings. The molecule has 0 bridgehead atoms. The summed E-state index contributed by atoms with van der Waals surface area (Å²) < 4.78 is 39.8. The van der Waals surface area contributed by atoms with E-state index in [0.29, 0.717) is 17.7 Å². The summed E-state index contributed by atoms with van der Waals surface area (Å²) in [5.41, 5.74) is 0.990. The summed E-state index contributed by atoms with van der Waals surface area (Å²) in [4.78, 5) is 12.4. The summed E-state index contributed by atoms with van der Waals surface area (Å²) in [5, 5.41) is 12.2. The molecule has 1 saturated heterocycles. The molecule has 2 N–H and O–H groups in total. The summed E-state index contributed by atoms with van der Waals surface area (Å²) >= 11 is 0. The molecule has 0 radical (unpaired) electrons. The second-order valence-electron chi connectivity index (χ2n) is 6.25. The molecule has 138 valence electrons. The second kappa shape index (κ2) is 7.14. The third kappa shape index (κ3) is 3.77. The van der Waals surface area contributed by atoms with Crippen molar-refractivity contribution >= 4 is 21.6 Å². The van der Waals surface area contributed by atoms with Crippen molar-refractivity contribution in [1.82, 2.24) is 4.31 Å². The monoisotopic (exact) mass is 378 g/mol. The van der Waals surface area contributed by atoms with E-state index in [-0.39, 0.29) is 29.4 Å². The summed E-state index contributed by atoms with van der Waals surface area (Å²) in [5.74, 6) is -0.863. The molecule has 3 rings (SSSR count). The molecular formula is C18H19FN2O4S. The van der Waals surface area contributed by atoms with Crippen molar-refractivity contribution in [2.24, 2.45) is 0 Å². The Morgan fingerprint density at radius 2 is 2.04 bits per heavy atom. The van der Waals surface area contributed by atoms with Gasteiger partial charge in [-0.25, -0.2) is 12.8 Å². The maximum Gasteiger partial charge on any atom is 0.255 e. The van der Waals surface area contributed by atoms with E-state index >= 15 is 0 Å². The SMILES string of the molecule is Cc1cc(NC(=O)c2cccc(S(=O)(=O)N3CCC(O)C3)c2)ccc1F. The highest BCUT2D eigenvalue weighted by molar-refractivity contribution is 7.89. The number of halogens is 1. The molecule has 0 spiro atoms. The first-order chi connectivity index (χ1) is 12.3. The van der Waals surface area contributed by atoms with Crippen LogP contribution in [-0.4, -0.2) is 42.9 Å². The van der Waals surface area contributed by atoms with E-state index in [1.54, 1.807) is 6.92 Å². The molecule has 1 heterocycles. The van der Waals surface area contributed by atoms with Crippen molar-refractivity contribution in [3.05, 3.63) is 59.4 Å². The van der Waals surface area contributed by atoms with Crippen LogP contribution >= 0.6 is 0 Å². The van der Waals surface area contributed by atoms with Crippen LogP contribution in [0.5, 0.6) is 0 Å². The van der Waals surface area contributed by atoms with Gasteiger partial charge in [0, 0.05) is 24.3 Å². The normalized spacial score (nSPS) is 18.0. The zero-order valence-corrected chi connectivity index (χ0v) is 15.0. The van der Waals surface area contributed by atoms with E-state index in [0.717, 1.165) is 0 Å². The molecule has 2 aromatic carbocycles. The largest absolute Gasteiger partial charge is 0.392 e. The van der Waals surface area contributed by atoms with Crippen molar-refractivity contribution in [3.8, 4) is 0 Å². The van der Waals surface area contributed by atoms with Gasteiger partial charge in [-0.2, -0.15) is 4.31 Å². The number of rotatable bonds is 4. The molecule has 1 aliphatic heterocycles. The van der Waals surface area contributed by atoms with Gasteiger partial charge in [0.05, 0.1) is 11.0 Å². The number of aryl methyl sites for hydroxylation is 1. The second-order valence-corrected chi connectivity index (χ2v) is 8.19. The highest BCUT2D eigenvalue weighted by Crippen LogP contribution is 2.22. The molecule has 1 atom stereocenters. The van der Waals surface area contributed by atoms with Crippen LogP contribution < -0.4 is 5.32 Å². The van der Waals surface area contributed by atoms with Crippen LogP contribution in [0.4, 0.5) is 10.1 Å². The number of nitrogens with zero attached hydrogens (tertiary/aromatic N) is 1. The van der Waals surface area contributed by atoms with Gasteiger partial charge in [0.1, 0.15) is 5.82 Å². The Hall–Kier alpha value is -2.29. The average molecular weight is 378 g/mol. The van der Waals surface area contributed by atoms with Gasteiger partial charge in [-0.1, -0.05) is 6.07 Å². The Bertz CT molecular complexity index is 946. The first-order valence-electron chi connectivity index (χ1n) is 8.13. The van der Waals surface area contributed by atoms with Crippen LogP contribution in [0.3, 0.4) is 0 Å². The summed E-state index contributed by atoms with van der Waals surface area (Å²) in [7, 11) is -3.77. The van der Waals surface area contributed by atoms with Gasteiger partial charge in [-0.15, -0.1) is 0 Å². The topological polar surface area (TPSA) is 86.7 Å². The lowest BCUT2D eigenvalue weighted by Crippen LogP contribution is -2.29. The molecule has 0 aliphatic carbocycles. The summed E-state index contributed by atoms with van der Waals surface area (Å²) in [6.45, 7) is 1.88. The third-order valence-corrected chi connectivity index (χ3v) is 6.14. The molecule has 8 heteroatoms. The van der Waals surface area contributed by atoms with Crippen LogP contribution in [0.1, 0.15) is 22.3 Å². The van der Waals surface area contributed by atoms with Gasteiger partial charge in [0.2, 0.25) is 10.0 Å². The highest BCUT2D eigenvalue weighted by Gasteiger charge is 2.31. The number of anilines is 1. The van der Waals surface area contributed by atoms with Crippen molar-refractivity contribution in [2.75, 3.05) is 18.4 Å². The number of benzene rings is 2. The van der Waals surface area contributed by atoms with Gasteiger partial charge in [0.25, 0.3) is 5.91 Å². The maximum absolute atomic E-state index is 13.3. The van der Waals surface area contributed by atoms with Crippen molar-refractivity contribution in [3.63, 3.8) is 0 Å². The van der Waals surface area contributed by atoms with Crippen LogP contribution in [0.25, 0.3) is 0 Å². The first kappa shape index (κ1) is 18.5. The fourth-order valence-corrected chi connectivity index (χ4v) is 4.34. The number of β-amino-alcohol motifs (C(OH)–C–C–N with tert-alkyl or cyclic N) is 1. The molecule has 2 aromatic rings. The number of hydrogen-bond donors (Lipinski definition) is 2. The van der Waals surface area contributed by atoms with Crippen molar-refractivity contribution in [1.29, 1.82) is 0 Å². The van der Waals surface area contributed by atoms with Crippen LogP contribution in [0, 0.1) is 12.7 Å². The zero-order chi connectivity index (χ0) is 18.9. The number of nitrogens with one attached hydrogen (secondary N) is 1. The van der Waals surface area contributed by atoms with E-state index < -0.39 is 22.0 Å². The maximum atomic E-state index is 13.3. The first-order valence-corrected chi connectivity index (χ1v) is 9.57. The number of aliphatic hydroxyl groups excluding tert-OH is 1. The van der Waals surface area contributed by atoms with E-state index in [4.69, 9.17) is 0 Å². The number of amides is 1. The van der Waals surface area contributed by atoms with Crippen molar-refractivity contribution in [2.45, 2.75) is 24.3 Å². The lowest BCUT2D eigenvalue weighted by Gasteiger charge is -2.16. The van der Waals surface area contributed by atoms with Gasteiger partial charge >= 0.3 is 0 Å². The zero-order valence-electron chi connectivity index (χ0n) is 14.1. The molecule has 1 aliphatic rings. The average Bonchev–Trinajstić information content (AvgIpc) is 3.05. The van der Waals surface area contributed by atoms with Gasteiger partial charge < -0.3 is 10.4 Å². The standard InChI is InChI=1S/C18H19FN2O4S/c1-12-9-14(5-6-17(12)19)20-18(23)13-3-2-4-16(10-13)26(24,25)21-8-7-15(22)11-21/h2-6,9-10,15,22H,7-8,11H2,1H3,(H,20,23). The minimum atomic E-state index is -3.77. The predicted molar refractivity (Wildman–Crippen MR) is 94.9 cm³/mol. The highest BCUT2D eigenvalue weighted by atomic mass is 32.2. The third-order valence-electron chi connectivity index (χ3n) is 4.28. The van der Waals surface area contributed by atoms with Gasteiger partial charge in [-0.3, -0.25) is 4.79 Å². The van der Waals surface area contributed by atoms with Crippen LogP contribution in [-0.2, 0) is 10.0 Å². The smallest absolute Gasteiger partial charge is 0.255 e. The molecule has 0 aromatic heterocycles. The number of carbonyl (C=O) groups is 1. The van der Waals surface area contributed by atoms with Gasteiger partial charge in [0.15, 0.2) is 0 Å². The molecule has 1 amide bonds. The minimum Gasteiger partial charge on any atom is -0.392 e. The Balaban J connectivity index is 1.82. The molecule has 0 saturated carbocycles. The van der Waals surface area contributed by atoms with E-state index in [1.807, 2.05) is 0 Å². The fourth-order valence-electron chi connectivity index (χ4n) is 2.80. The predicted octanol–water partition coefficient (Wildman–Crippen LogP) is 2.14. The Morgan fingerprint density at radius 1 is 1.27 bits per heavy atom. The van der Waals surface area contributed by atoms with Crippen molar-refractivity contribution < 1.29 is 22.7 Å². The Morgan fingerprint density at radius 3 is 2.69 bits per heavy atom. The van der Waals surface area contributed by atoms with Gasteiger partial charge in [-0.05, 0) is 55.3 Å². The Kier molecular flexibility index (Phi) is 5.08.